The van der Waals surface area contributed by atoms with Gasteiger partial charge in [-0.05, 0) is 68.6 Å². The summed E-state index contributed by atoms with van der Waals surface area (Å²) in [6.45, 7) is 4.85. The molecule has 0 saturated carbocycles. The second-order valence-electron chi connectivity index (χ2n) is 9.95. The van der Waals surface area contributed by atoms with Crippen LogP contribution in [0.15, 0.2) is 124 Å². The summed E-state index contributed by atoms with van der Waals surface area (Å²) >= 11 is 0. The lowest BCUT2D eigenvalue weighted by molar-refractivity contribution is 0.669. The topological polar surface area (TPSA) is 90.2 Å². The normalized spacial score (nSPS) is 11.5. The first-order valence-corrected chi connectivity index (χ1v) is 14.1. The van der Waals surface area contributed by atoms with Crippen molar-refractivity contribution < 1.29 is 8.83 Å². The number of rotatable bonds is 4. The third kappa shape index (κ3) is 4.81. The Morgan fingerprint density at radius 2 is 1.09 bits per heavy atom. The minimum Gasteiger partial charge on any atom is -0.454 e. The number of aliphatic imine (C=N–C) groups is 1. The minimum absolute atomic E-state index is 0.753. The van der Waals surface area contributed by atoms with Gasteiger partial charge >= 0.3 is 0 Å². The molecule has 6 heterocycles. The van der Waals surface area contributed by atoms with E-state index in [1.807, 2.05) is 112 Å². The van der Waals surface area contributed by atoms with Crippen molar-refractivity contribution in [2.75, 3.05) is 6.54 Å². The van der Waals surface area contributed by atoms with Gasteiger partial charge in [-0.1, -0.05) is 24.3 Å². The van der Waals surface area contributed by atoms with Gasteiger partial charge in [0, 0.05) is 87.9 Å². The molecule has 8 aromatic rings. The number of para-hydroxylation sites is 2. The molecule has 7 heteroatoms. The highest BCUT2D eigenvalue weighted by atomic mass is 16.3. The van der Waals surface area contributed by atoms with Crippen molar-refractivity contribution in [3.05, 3.63) is 110 Å². The van der Waals surface area contributed by atoms with E-state index in [2.05, 4.69) is 37.1 Å². The van der Waals surface area contributed by atoms with Crippen LogP contribution in [0.1, 0.15) is 13.8 Å². The lowest BCUT2D eigenvalue weighted by Gasteiger charge is -2.08. The molecule has 0 aliphatic carbocycles. The Kier molecular flexibility index (Phi) is 6.89. The standard InChI is InChI=1S/C32H18N4O2.C4H9N/c1-3-7-27-25(5-1)29-31(37-27)23(9-11-35-29)21-13-19(15-33-17-21)20-14-22(18-34-16-20)24-10-12-36-30-26-6-2-4-8-28(26)38-32(24)30;1-3-5-4-2/h1-18H;3H,4H2,1-2H3. The van der Waals surface area contributed by atoms with Gasteiger partial charge in [0.25, 0.3) is 0 Å². The first-order valence-electron chi connectivity index (χ1n) is 14.1. The van der Waals surface area contributed by atoms with Gasteiger partial charge in [-0.3, -0.25) is 24.9 Å². The molecular formula is C36H27N5O2. The molecule has 0 radical (unpaired) electrons. The fraction of sp³-hybridized carbons (Fsp3) is 0.0833. The molecular weight excluding hydrogens is 534 g/mol. The van der Waals surface area contributed by atoms with E-state index in [-0.39, 0.29) is 0 Å². The number of nitrogens with zero attached hydrogens (tertiary/aromatic N) is 5. The van der Waals surface area contributed by atoms with Crippen molar-refractivity contribution in [2.24, 2.45) is 4.99 Å². The number of benzene rings is 2. The highest BCUT2D eigenvalue weighted by Gasteiger charge is 2.16. The Bertz CT molecular complexity index is 2110. The summed E-state index contributed by atoms with van der Waals surface area (Å²) < 4.78 is 12.4. The van der Waals surface area contributed by atoms with E-state index in [0.29, 0.717) is 0 Å². The van der Waals surface area contributed by atoms with Crippen molar-refractivity contribution in [1.29, 1.82) is 0 Å². The zero-order valence-corrected chi connectivity index (χ0v) is 23.7. The average Bonchev–Trinajstić information content (AvgIpc) is 3.64. The summed E-state index contributed by atoms with van der Waals surface area (Å²) in [6.07, 6.45) is 12.8. The van der Waals surface area contributed by atoms with Crippen LogP contribution in [0.25, 0.3) is 77.5 Å². The van der Waals surface area contributed by atoms with E-state index in [9.17, 15) is 0 Å². The molecule has 0 atom stereocenters. The first-order chi connectivity index (χ1) is 21.2. The second kappa shape index (κ2) is 11.3. The number of furan rings is 2. The minimum atomic E-state index is 0.753. The number of aromatic nitrogens is 4. The second-order valence-corrected chi connectivity index (χ2v) is 9.95. The zero-order valence-electron chi connectivity index (χ0n) is 23.7. The molecule has 0 spiro atoms. The smallest absolute Gasteiger partial charge is 0.161 e. The molecule has 0 fully saturated rings. The van der Waals surface area contributed by atoms with Crippen LogP contribution in [0, 0.1) is 0 Å². The third-order valence-corrected chi connectivity index (χ3v) is 7.31. The largest absolute Gasteiger partial charge is 0.454 e. The van der Waals surface area contributed by atoms with Crippen LogP contribution in [0.5, 0.6) is 0 Å². The fourth-order valence-electron chi connectivity index (χ4n) is 5.34. The molecule has 0 aliphatic heterocycles. The molecule has 6 aromatic heterocycles. The predicted molar refractivity (Wildman–Crippen MR) is 173 cm³/mol. The number of fused-ring (bicyclic) bond motifs is 6. The number of hydrogen-bond donors (Lipinski definition) is 0. The van der Waals surface area contributed by atoms with Crippen LogP contribution in [-0.4, -0.2) is 32.7 Å². The van der Waals surface area contributed by atoms with Crippen molar-refractivity contribution in [1.82, 2.24) is 19.9 Å². The number of hydrogen-bond acceptors (Lipinski definition) is 7. The van der Waals surface area contributed by atoms with Gasteiger partial charge in [-0.2, -0.15) is 0 Å². The van der Waals surface area contributed by atoms with Crippen molar-refractivity contribution in [3.63, 3.8) is 0 Å². The maximum atomic E-state index is 6.21. The van der Waals surface area contributed by atoms with Gasteiger partial charge in [0.2, 0.25) is 0 Å². The molecule has 7 nitrogen and oxygen atoms in total. The summed E-state index contributed by atoms with van der Waals surface area (Å²) in [4.78, 5) is 22.1. The monoisotopic (exact) mass is 561 g/mol. The average molecular weight is 562 g/mol. The van der Waals surface area contributed by atoms with Crippen LogP contribution < -0.4 is 0 Å². The first kappa shape index (κ1) is 26.2. The molecule has 43 heavy (non-hydrogen) atoms. The number of pyridine rings is 4. The maximum Gasteiger partial charge on any atom is 0.161 e. The van der Waals surface area contributed by atoms with Crippen LogP contribution >= 0.6 is 0 Å². The van der Waals surface area contributed by atoms with Crippen LogP contribution in [-0.2, 0) is 0 Å². The molecule has 0 unspecified atom stereocenters. The highest BCUT2D eigenvalue weighted by Crippen LogP contribution is 2.37. The highest BCUT2D eigenvalue weighted by molar-refractivity contribution is 6.08. The SMILES string of the molecule is CC=NCC.c1ccc2c(c1)oc1c(-c3cncc(-c4cncc(-c5ccnc6c5oc5ccccc56)c4)c3)ccnc12. The fourth-order valence-corrected chi connectivity index (χ4v) is 5.34. The van der Waals surface area contributed by atoms with Gasteiger partial charge in [0.15, 0.2) is 11.2 Å². The Balaban J connectivity index is 0.000000558. The summed E-state index contributed by atoms with van der Waals surface area (Å²) in [7, 11) is 0. The van der Waals surface area contributed by atoms with Crippen molar-refractivity contribution in [2.45, 2.75) is 13.8 Å². The van der Waals surface area contributed by atoms with E-state index in [4.69, 9.17) is 8.83 Å². The summed E-state index contributed by atoms with van der Waals surface area (Å²) in [5, 5.41) is 2.00. The molecule has 8 rings (SSSR count). The lowest BCUT2D eigenvalue weighted by atomic mass is 10.00. The van der Waals surface area contributed by atoms with Crippen LogP contribution in [0.3, 0.4) is 0 Å². The van der Waals surface area contributed by atoms with Crippen molar-refractivity contribution >= 4 is 50.4 Å². The lowest BCUT2D eigenvalue weighted by Crippen LogP contribution is -1.88. The quantitative estimate of drug-likeness (QED) is 0.199. The molecule has 2 aromatic carbocycles. The van der Waals surface area contributed by atoms with Crippen LogP contribution in [0.4, 0.5) is 0 Å². The predicted octanol–water partition coefficient (Wildman–Crippen LogP) is 9.16. The molecule has 0 saturated heterocycles. The van der Waals surface area contributed by atoms with Gasteiger partial charge in [-0.25, -0.2) is 0 Å². The van der Waals surface area contributed by atoms with E-state index < -0.39 is 0 Å². The van der Waals surface area contributed by atoms with Gasteiger partial charge < -0.3 is 8.83 Å². The van der Waals surface area contributed by atoms with E-state index >= 15 is 0 Å². The summed E-state index contributed by atoms with van der Waals surface area (Å²) in [6, 6.07) is 24.1. The Morgan fingerprint density at radius 1 is 0.628 bits per heavy atom. The molecule has 0 aliphatic rings. The Hall–Kier alpha value is -5.69. The van der Waals surface area contributed by atoms with E-state index in [0.717, 1.165) is 84.1 Å². The van der Waals surface area contributed by atoms with Gasteiger partial charge in [0.1, 0.15) is 22.2 Å². The van der Waals surface area contributed by atoms with Crippen LogP contribution in [0.2, 0.25) is 0 Å². The van der Waals surface area contributed by atoms with E-state index in [1.165, 1.54) is 0 Å². The maximum absolute atomic E-state index is 6.21. The van der Waals surface area contributed by atoms with Crippen molar-refractivity contribution in [3.8, 4) is 33.4 Å². The summed E-state index contributed by atoms with van der Waals surface area (Å²) in [5.74, 6) is 0. The van der Waals surface area contributed by atoms with E-state index in [1.54, 1.807) is 6.21 Å². The van der Waals surface area contributed by atoms with Gasteiger partial charge in [-0.15, -0.1) is 0 Å². The Labute approximate surface area is 247 Å². The molecule has 208 valence electrons. The summed E-state index contributed by atoms with van der Waals surface area (Å²) in [5.41, 5.74) is 10.5. The Morgan fingerprint density at radius 3 is 1.53 bits per heavy atom. The zero-order chi connectivity index (χ0) is 29.2. The molecule has 0 amide bonds. The third-order valence-electron chi connectivity index (χ3n) is 7.31. The molecule has 0 bridgehead atoms. The molecule has 0 N–H and O–H groups in total. The van der Waals surface area contributed by atoms with Gasteiger partial charge in [0.05, 0.1) is 0 Å².